The Hall–Kier alpha value is -2.21. The standard InChI is InChI=1S/C16H21N5O5S/c1-10-8-13(19-18-10)15(22)20-4-6-21(7-5-20)27(24,25)11-2-3-12-14(9-11)26-16(23)17-12/h2-3,9-10,13,18-19H,4-8H2,1H3,(H,17,23). The number of oxazole rings is 1. The number of piperazine rings is 1. The Labute approximate surface area is 155 Å². The molecule has 146 valence electrons. The molecule has 2 aromatic rings. The Balaban J connectivity index is 1.46. The molecule has 2 unspecified atom stereocenters. The number of fused-ring (bicyclic) bond motifs is 1. The van der Waals surface area contributed by atoms with Crippen molar-refractivity contribution < 1.29 is 17.6 Å². The lowest BCUT2D eigenvalue weighted by atomic mass is 10.1. The number of hydrazine groups is 1. The van der Waals surface area contributed by atoms with Crippen molar-refractivity contribution in [1.29, 1.82) is 0 Å². The molecule has 3 heterocycles. The molecule has 10 nitrogen and oxygen atoms in total. The summed E-state index contributed by atoms with van der Waals surface area (Å²) in [7, 11) is -3.73. The number of H-pyrrole nitrogens is 1. The van der Waals surface area contributed by atoms with Crippen molar-refractivity contribution in [3.63, 3.8) is 0 Å². The zero-order chi connectivity index (χ0) is 19.2. The predicted octanol–water partition coefficient (Wildman–Crippen LogP) is -0.791. The average molecular weight is 395 g/mol. The van der Waals surface area contributed by atoms with Crippen molar-refractivity contribution in [3.8, 4) is 0 Å². The van der Waals surface area contributed by atoms with Crippen LogP contribution in [0.15, 0.2) is 32.3 Å². The van der Waals surface area contributed by atoms with Crippen LogP contribution in [0, 0.1) is 0 Å². The number of nitrogens with zero attached hydrogens (tertiary/aromatic N) is 2. The number of nitrogens with one attached hydrogen (secondary N) is 3. The van der Waals surface area contributed by atoms with E-state index in [0.29, 0.717) is 25.0 Å². The molecule has 2 aliphatic rings. The third-order valence-electron chi connectivity index (χ3n) is 4.97. The van der Waals surface area contributed by atoms with E-state index in [9.17, 15) is 18.0 Å². The van der Waals surface area contributed by atoms with Crippen LogP contribution in [0.4, 0.5) is 0 Å². The highest BCUT2D eigenvalue weighted by atomic mass is 32.2. The minimum absolute atomic E-state index is 0.0144. The highest BCUT2D eigenvalue weighted by Crippen LogP contribution is 2.22. The number of amides is 1. The van der Waals surface area contributed by atoms with Crippen LogP contribution in [-0.2, 0) is 14.8 Å². The van der Waals surface area contributed by atoms with Gasteiger partial charge in [-0.25, -0.2) is 18.6 Å². The fourth-order valence-electron chi connectivity index (χ4n) is 3.48. The summed E-state index contributed by atoms with van der Waals surface area (Å²) >= 11 is 0. The molecule has 2 atom stereocenters. The van der Waals surface area contributed by atoms with E-state index in [1.165, 1.54) is 22.5 Å². The fourth-order valence-corrected chi connectivity index (χ4v) is 4.92. The molecule has 2 saturated heterocycles. The largest absolute Gasteiger partial charge is 0.417 e. The van der Waals surface area contributed by atoms with E-state index in [0.717, 1.165) is 0 Å². The Bertz CT molecular complexity index is 1020. The van der Waals surface area contributed by atoms with Crippen molar-refractivity contribution in [3.05, 3.63) is 28.7 Å². The van der Waals surface area contributed by atoms with Gasteiger partial charge in [0.1, 0.15) is 6.04 Å². The van der Waals surface area contributed by atoms with Gasteiger partial charge in [-0.15, -0.1) is 0 Å². The molecule has 1 aromatic carbocycles. The van der Waals surface area contributed by atoms with Gasteiger partial charge in [-0.2, -0.15) is 4.31 Å². The van der Waals surface area contributed by atoms with Gasteiger partial charge in [-0.05, 0) is 25.5 Å². The van der Waals surface area contributed by atoms with Crippen molar-refractivity contribution in [1.82, 2.24) is 25.0 Å². The number of aromatic amines is 1. The molecule has 27 heavy (non-hydrogen) atoms. The predicted molar refractivity (Wildman–Crippen MR) is 96.3 cm³/mol. The van der Waals surface area contributed by atoms with Gasteiger partial charge in [-0.3, -0.25) is 15.2 Å². The number of hydrogen-bond donors (Lipinski definition) is 3. The quantitative estimate of drug-likeness (QED) is 0.621. The van der Waals surface area contributed by atoms with Crippen molar-refractivity contribution >= 4 is 27.0 Å². The van der Waals surface area contributed by atoms with E-state index in [2.05, 4.69) is 15.8 Å². The molecule has 0 bridgehead atoms. The molecule has 2 fully saturated rings. The molecule has 0 aliphatic carbocycles. The van der Waals surface area contributed by atoms with Gasteiger partial charge in [0, 0.05) is 38.3 Å². The van der Waals surface area contributed by atoms with Gasteiger partial charge in [0.25, 0.3) is 0 Å². The maximum absolute atomic E-state index is 12.9. The van der Waals surface area contributed by atoms with Crippen LogP contribution in [0.1, 0.15) is 13.3 Å². The number of hydrogen-bond acceptors (Lipinski definition) is 7. The van der Waals surface area contributed by atoms with Crippen LogP contribution < -0.4 is 16.6 Å². The molecule has 11 heteroatoms. The van der Waals surface area contributed by atoms with E-state index in [-0.39, 0.29) is 41.6 Å². The van der Waals surface area contributed by atoms with Gasteiger partial charge in [0.05, 0.1) is 10.4 Å². The van der Waals surface area contributed by atoms with Crippen molar-refractivity contribution in [2.24, 2.45) is 0 Å². The zero-order valence-corrected chi connectivity index (χ0v) is 15.6. The van der Waals surface area contributed by atoms with Gasteiger partial charge < -0.3 is 9.32 Å². The molecule has 1 amide bonds. The van der Waals surface area contributed by atoms with Gasteiger partial charge >= 0.3 is 5.76 Å². The second-order valence-corrected chi connectivity index (χ2v) is 8.82. The lowest BCUT2D eigenvalue weighted by Crippen LogP contribution is -2.54. The zero-order valence-electron chi connectivity index (χ0n) is 14.8. The average Bonchev–Trinajstić information content (AvgIpc) is 3.25. The molecule has 2 aliphatic heterocycles. The van der Waals surface area contributed by atoms with Crippen LogP contribution in [0.5, 0.6) is 0 Å². The third-order valence-corrected chi connectivity index (χ3v) is 6.87. The Morgan fingerprint density at radius 1 is 1.19 bits per heavy atom. The molecule has 3 N–H and O–H groups in total. The van der Waals surface area contributed by atoms with Crippen LogP contribution in [0.25, 0.3) is 11.1 Å². The highest BCUT2D eigenvalue weighted by molar-refractivity contribution is 7.89. The molecule has 4 rings (SSSR count). The number of benzene rings is 1. The van der Waals surface area contributed by atoms with Gasteiger partial charge in [0.15, 0.2) is 5.58 Å². The second kappa shape index (κ2) is 6.75. The molecule has 0 spiro atoms. The summed E-state index contributed by atoms with van der Waals surface area (Å²) in [4.78, 5) is 28.0. The van der Waals surface area contributed by atoms with Crippen molar-refractivity contribution in [2.75, 3.05) is 26.2 Å². The first-order valence-corrected chi connectivity index (χ1v) is 10.2. The van der Waals surface area contributed by atoms with E-state index in [4.69, 9.17) is 4.42 Å². The van der Waals surface area contributed by atoms with Crippen LogP contribution in [0.3, 0.4) is 0 Å². The smallest absolute Gasteiger partial charge is 0.408 e. The summed E-state index contributed by atoms with van der Waals surface area (Å²) in [6, 6.07) is 4.24. The minimum Gasteiger partial charge on any atom is -0.408 e. The molecule has 0 radical (unpaired) electrons. The first-order chi connectivity index (χ1) is 12.8. The summed E-state index contributed by atoms with van der Waals surface area (Å²) in [6.07, 6.45) is 0.708. The van der Waals surface area contributed by atoms with E-state index in [1.54, 1.807) is 4.90 Å². The topological polar surface area (TPSA) is 128 Å². The van der Waals surface area contributed by atoms with Crippen molar-refractivity contribution in [2.45, 2.75) is 30.3 Å². The summed E-state index contributed by atoms with van der Waals surface area (Å²) < 4.78 is 32.1. The molecular weight excluding hydrogens is 374 g/mol. The summed E-state index contributed by atoms with van der Waals surface area (Å²) in [5, 5.41) is 0. The minimum atomic E-state index is -3.73. The summed E-state index contributed by atoms with van der Waals surface area (Å²) in [6.45, 7) is 3.12. The number of carbonyl (C=O) groups is 1. The van der Waals surface area contributed by atoms with E-state index < -0.39 is 15.8 Å². The highest BCUT2D eigenvalue weighted by Gasteiger charge is 2.34. The molecular formula is C16H21N5O5S. The van der Waals surface area contributed by atoms with Crippen LogP contribution >= 0.6 is 0 Å². The Morgan fingerprint density at radius 3 is 2.59 bits per heavy atom. The number of carbonyl (C=O) groups excluding carboxylic acids is 1. The third kappa shape index (κ3) is 3.38. The first kappa shape index (κ1) is 18.2. The van der Waals surface area contributed by atoms with Gasteiger partial charge in [-0.1, -0.05) is 0 Å². The fraction of sp³-hybridized carbons (Fsp3) is 0.500. The number of sulfonamides is 1. The molecule has 0 saturated carbocycles. The Kier molecular flexibility index (Phi) is 4.54. The normalized spacial score (nSPS) is 24.6. The summed E-state index contributed by atoms with van der Waals surface area (Å²) in [5.74, 6) is -0.643. The summed E-state index contributed by atoms with van der Waals surface area (Å²) in [5.41, 5.74) is 6.64. The molecule has 1 aromatic heterocycles. The first-order valence-electron chi connectivity index (χ1n) is 8.77. The monoisotopic (exact) mass is 395 g/mol. The maximum atomic E-state index is 12.9. The number of aromatic nitrogens is 1. The lowest BCUT2D eigenvalue weighted by molar-refractivity contribution is -0.134. The SMILES string of the molecule is CC1CC(C(=O)N2CCN(S(=O)(=O)c3ccc4[nH]c(=O)oc4c3)CC2)NN1. The maximum Gasteiger partial charge on any atom is 0.417 e. The van der Waals surface area contributed by atoms with E-state index in [1.807, 2.05) is 6.92 Å². The van der Waals surface area contributed by atoms with E-state index >= 15 is 0 Å². The van der Waals surface area contributed by atoms with Gasteiger partial charge in [0.2, 0.25) is 15.9 Å². The Morgan fingerprint density at radius 2 is 1.93 bits per heavy atom. The lowest BCUT2D eigenvalue weighted by Gasteiger charge is -2.35. The second-order valence-electron chi connectivity index (χ2n) is 6.88. The number of rotatable bonds is 3. The van der Waals surface area contributed by atoms with Crippen LogP contribution in [-0.4, -0.2) is 66.8 Å². The van der Waals surface area contributed by atoms with Crippen LogP contribution in [0.2, 0.25) is 0 Å².